The van der Waals surface area contributed by atoms with Crippen LogP contribution < -0.4 is 14.8 Å². The highest BCUT2D eigenvalue weighted by Gasteiger charge is 2.22. The van der Waals surface area contributed by atoms with Crippen LogP contribution >= 0.6 is 15.9 Å². The predicted octanol–water partition coefficient (Wildman–Crippen LogP) is 2.29. The maximum Gasteiger partial charge on any atom is 0.236 e. The SMILES string of the molecule is CC(C)(Br)C(=O)NCCc1ccc2c(c1)OCCO2. The number of halogens is 1. The molecular formula is C14H18BrNO3. The molecule has 1 N–H and O–H groups in total. The van der Waals surface area contributed by atoms with Gasteiger partial charge in [-0.25, -0.2) is 0 Å². The van der Waals surface area contributed by atoms with Crippen LogP contribution in [0.3, 0.4) is 0 Å². The predicted molar refractivity (Wildman–Crippen MR) is 77.2 cm³/mol. The van der Waals surface area contributed by atoms with Crippen LogP contribution in [0.2, 0.25) is 0 Å². The third-order valence-corrected chi connectivity index (χ3v) is 3.21. The molecule has 1 aromatic rings. The number of fused-ring (bicyclic) bond motifs is 1. The van der Waals surface area contributed by atoms with Gasteiger partial charge in [-0.2, -0.15) is 0 Å². The number of hydrogen-bond acceptors (Lipinski definition) is 3. The van der Waals surface area contributed by atoms with Crippen LogP contribution in [0.4, 0.5) is 0 Å². The van der Waals surface area contributed by atoms with E-state index in [1.54, 1.807) is 0 Å². The molecule has 0 unspecified atom stereocenters. The Morgan fingerprint density at radius 1 is 1.32 bits per heavy atom. The summed E-state index contributed by atoms with van der Waals surface area (Å²) in [6.07, 6.45) is 0.769. The largest absolute Gasteiger partial charge is 0.486 e. The molecule has 4 nitrogen and oxygen atoms in total. The summed E-state index contributed by atoms with van der Waals surface area (Å²) in [7, 11) is 0. The van der Waals surface area contributed by atoms with Crippen molar-refractivity contribution in [2.45, 2.75) is 24.6 Å². The van der Waals surface area contributed by atoms with Crippen molar-refractivity contribution < 1.29 is 14.3 Å². The van der Waals surface area contributed by atoms with Gasteiger partial charge < -0.3 is 14.8 Å². The van der Waals surface area contributed by atoms with Crippen LogP contribution in [0.15, 0.2) is 18.2 Å². The number of hydrogen-bond donors (Lipinski definition) is 1. The second kappa shape index (κ2) is 5.82. The van der Waals surface area contributed by atoms with Gasteiger partial charge >= 0.3 is 0 Å². The molecule has 1 heterocycles. The lowest BCUT2D eigenvalue weighted by Crippen LogP contribution is -2.38. The van der Waals surface area contributed by atoms with Crippen molar-refractivity contribution in [3.05, 3.63) is 23.8 Å². The maximum absolute atomic E-state index is 11.7. The van der Waals surface area contributed by atoms with Gasteiger partial charge in [-0.1, -0.05) is 22.0 Å². The first-order valence-electron chi connectivity index (χ1n) is 6.32. The first kappa shape index (κ1) is 14.2. The van der Waals surface area contributed by atoms with Crippen molar-refractivity contribution in [1.82, 2.24) is 5.32 Å². The average molecular weight is 328 g/mol. The summed E-state index contributed by atoms with van der Waals surface area (Å²) in [5, 5.41) is 2.89. The smallest absolute Gasteiger partial charge is 0.236 e. The topological polar surface area (TPSA) is 47.6 Å². The normalized spacial score (nSPS) is 14.1. The van der Waals surface area contributed by atoms with Crippen molar-refractivity contribution in [3.8, 4) is 11.5 Å². The van der Waals surface area contributed by atoms with E-state index in [4.69, 9.17) is 9.47 Å². The molecule has 1 amide bonds. The lowest BCUT2D eigenvalue weighted by Gasteiger charge is -2.19. The third-order valence-electron chi connectivity index (χ3n) is 2.85. The van der Waals surface area contributed by atoms with E-state index in [2.05, 4.69) is 21.2 Å². The van der Waals surface area contributed by atoms with Crippen molar-refractivity contribution in [1.29, 1.82) is 0 Å². The number of rotatable bonds is 4. The molecule has 19 heavy (non-hydrogen) atoms. The van der Waals surface area contributed by atoms with E-state index in [0.29, 0.717) is 19.8 Å². The molecule has 1 aliphatic heterocycles. The summed E-state index contributed by atoms with van der Waals surface area (Å²) < 4.78 is 10.5. The van der Waals surface area contributed by atoms with Crippen molar-refractivity contribution in [2.75, 3.05) is 19.8 Å². The molecule has 2 rings (SSSR count). The van der Waals surface area contributed by atoms with Gasteiger partial charge in [-0.05, 0) is 38.0 Å². The summed E-state index contributed by atoms with van der Waals surface area (Å²) >= 11 is 3.33. The molecule has 5 heteroatoms. The number of alkyl halides is 1. The van der Waals surface area contributed by atoms with E-state index < -0.39 is 4.32 Å². The van der Waals surface area contributed by atoms with E-state index in [-0.39, 0.29) is 5.91 Å². The van der Waals surface area contributed by atoms with Crippen molar-refractivity contribution in [2.24, 2.45) is 0 Å². The summed E-state index contributed by atoms with van der Waals surface area (Å²) in [6, 6.07) is 5.89. The molecule has 104 valence electrons. The number of amides is 1. The minimum absolute atomic E-state index is 0.00922. The quantitative estimate of drug-likeness (QED) is 0.863. The Labute approximate surface area is 121 Å². The van der Waals surface area contributed by atoms with Crippen LogP contribution in [-0.2, 0) is 11.2 Å². The first-order valence-corrected chi connectivity index (χ1v) is 7.12. The van der Waals surface area contributed by atoms with E-state index in [0.717, 1.165) is 23.5 Å². The van der Waals surface area contributed by atoms with Crippen LogP contribution in [0.5, 0.6) is 11.5 Å². The second-order valence-electron chi connectivity index (χ2n) is 4.96. The Morgan fingerprint density at radius 3 is 2.68 bits per heavy atom. The van der Waals surface area contributed by atoms with E-state index >= 15 is 0 Å². The lowest BCUT2D eigenvalue weighted by atomic mass is 10.1. The fourth-order valence-corrected chi connectivity index (χ4v) is 1.91. The Bertz CT molecular complexity index is 468. The summed E-state index contributed by atoms with van der Waals surface area (Å²) in [5.74, 6) is 1.57. The third kappa shape index (κ3) is 3.86. The monoisotopic (exact) mass is 327 g/mol. The maximum atomic E-state index is 11.7. The van der Waals surface area contributed by atoms with Crippen molar-refractivity contribution >= 4 is 21.8 Å². The summed E-state index contributed by atoms with van der Waals surface area (Å²) in [6.45, 7) is 5.44. The number of ether oxygens (including phenoxy) is 2. The standard InChI is InChI=1S/C14H18BrNO3/c1-14(2,15)13(17)16-6-5-10-3-4-11-12(9-10)19-8-7-18-11/h3-4,9H,5-8H2,1-2H3,(H,16,17). The zero-order valence-electron chi connectivity index (χ0n) is 11.2. The van der Waals surface area contributed by atoms with Gasteiger partial charge in [0.2, 0.25) is 5.91 Å². The highest BCUT2D eigenvalue weighted by Crippen LogP contribution is 2.30. The minimum Gasteiger partial charge on any atom is -0.486 e. The molecule has 0 fully saturated rings. The van der Waals surface area contributed by atoms with Crippen LogP contribution in [0.25, 0.3) is 0 Å². The average Bonchev–Trinajstić information content (AvgIpc) is 2.37. The highest BCUT2D eigenvalue weighted by atomic mass is 79.9. The molecule has 0 spiro atoms. The second-order valence-corrected chi connectivity index (χ2v) is 6.94. The lowest BCUT2D eigenvalue weighted by molar-refractivity contribution is -0.122. The summed E-state index contributed by atoms with van der Waals surface area (Å²) in [5.41, 5.74) is 1.12. The molecule has 0 saturated heterocycles. The van der Waals surface area contributed by atoms with E-state index in [1.807, 2.05) is 32.0 Å². The van der Waals surface area contributed by atoms with Crippen molar-refractivity contribution in [3.63, 3.8) is 0 Å². The van der Waals surface area contributed by atoms with Gasteiger partial charge in [0, 0.05) is 6.54 Å². The summed E-state index contributed by atoms with van der Waals surface area (Å²) in [4.78, 5) is 11.7. The number of carbonyl (C=O) groups excluding carboxylic acids is 1. The van der Waals surface area contributed by atoms with E-state index in [9.17, 15) is 4.79 Å². The Morgan fingerprint density at radius 2 is 2.00 bits per heavy atom. The minimum atomic E-state index is -0.528. The van der Waals surface area contributed by atoms with Gasteiger partial charge in [-0.3, -0.25) is 4.79 Å². The molecule has 0 aliphatic carbocycles. The zero-order valence-corrected chi connectivity index (χ0v) is 12.7. The van der Waals surface area contributed by atoms with E-state index in [1.165, 1.54) is 0 Å². The molecule has 0 saturated carbocycles. The molecule has 1 aliphatic rings. The fraction of sp³-hybridized carbons (Fsp3) is 0.500. The fourth-order valence-electron chi connectivity index (χ4n) is 1.77. The molecule has 0 radical (unpaired) electrons. The van der Waals surface area contributed by atoms with Gasteiger partial charge in [0.15, 0.2) is 11.5 Å². The van der Waals surface area contributed by atoms with Gasteiger partial charge in [0.05, 0.1) is 4.32 Å². The van der Waals surface area contributed by atoms with Gasteiger partial charge in [-0.15, -0.1) is 0 Å². The zero-order chi connectivity index (χ0) is 13.9. The molecular weight excluding hydrogens is 310 g/mol. The molecule has 0 bridgehead atoms. The Kier molecular flexibility index (Phi) is 4.34. The van der Waals surface area contributed by atoms with Crippen LogP contribution in [0.1, 0.15) is 19.4 Å². The highest BCUT2D eigenvalue weighted by molar-refractivity contribution is 9.10. The van der Waals surface area contributed by atoms with Crippen LogP contribution in [0, 0.1) is 0 Å². The Balaban J connectivity index is 1.88. The molecule has 0 aromatic heterocycles. The van der Waals surface area contributed by atoms with Crippen LogP contribution in [-0.4, -0.2) is 30.0 Å². The molecule has 0 atom stereocenters. The first-order chi connectivity index (χ1) is 8.97. The van der Waals surface area contributed by atoms with Gasteiger partial charge in [0.1, 0.15) is 13.2 Å². The Hall–Kier alpha value is -1.23. The van der Waals surface area contributed by atoms with Gasteiger partial charge in [0.25, 0.3) is 0 Å². The number of carbonyl (C=O) groups is 1. The molecule has 1 aromatic carbocycles. The number of benzene rings is 1. The number of nitrogens with one attached hydrogen (secondary N) is 1.